The number of nitrogens with one attached hydrogen (secondary N) is 4. The molecule has 1 aromatic heterocycles. The molecule has 1 aromatic carbocycles. The highest BCUT2D eigenvalue weighted by Gasteiger charge is 2.11. The molecule has 2 heterocycles. The molecule has 6 heteroatoms. The summed E-state index contributed by atoms with van der Waals surface area (Å²) in [5, 5.41) is 6.06. The predicted molar refractivity (Wildman–Crippen MR) is 72.6 cm³/mol. The maximum Gasteiger partial charge on any atom is 0.323 e. The molecular formula is C13H14N4O2. The first-order chi connectivity index (χ1) is 9.22. The van der Waals surface area contributed by atoms with Gasteiger partial charge in [0, 0.05) is 24.1 Å². The fourth-order valence-electron chi connectivity index (χ4n) is 2.19. The van der Waals surface area contributed by atoms with Crippen LogP contribution in [0, 0.1) is 0 Å². The Morgan fingerprint density at radius 3 is 3.00 bits per heavy atom. The monoisotopic (exact) mass is 258 g/mol. The van der Waals surface area contributed by atoms with Crippen molar-refractivity contribution in [1.29, 1.82) is 0 Å². The van der Waals surface area contributed by atoms with Crippen LogP contribution in [-0.2, 0) is 6.42 Å². The number of carbonyl (C=O) groups excluding carboxylic acids is 1. The third-order valence-corrected chi connectivity index (χ3v) is 3.15. The lowest BCUT2D eigenvalue weighted by molar-refractivity contribution is 0.102. The Morgan fingerprint density at radius 1 is 1.32 bits per heavy atom. The summed E-state index contributed by atoms with van der Waals surface area (Å²) in [6, 6.07) is 5.79. The van der Waals surface area contributed by atoms with Crippen LogP contribution in [0.3, 0.4) is 0 Å². The van der Waals surface area contributed by atoms with E-state index in [0.29, 0.717) is 5.69 Å². The number of aromatic nitrogens is 2. The Bertz CT molecular complexity index is 671. The maximum atomic E-state index is 11.9. The average Bonchev–Trinajstić information content (AvgIpc) is 2.85. The van der Waals surface area contributed by atoms with Crippen LogP contribution in [0.25, 0.3) is 0 Å². The van der Waals surface area contributed by atoms with Gasteiger partial charge < -0.3 is 20.6 Å². The molecule has 98 valence electrons. The molecule has 4 N–H and O–H groups in total. The van der Waals surface area contributed by atoms with Crippen molar-refractivity contribution in [2.24, 2.45) is 0 Å². The summed E-state index contributed by atoms with van der Waals surface area (Å²) < 4.78 is 0. The van der Waals surface area contributed by atoms with Gasteiger partial charge >= 0.3 is 5.69 Å². The van der Waals surface area contributed by atoms with Crippen LogP contribution in [-0.4, -0.2) is 22.4 Å². The SMILES string of the molecule is O=C(Nc1ccc2c(c1)NCCC2)c1c[nH]c(=O)[nH]1. The van der Waals surface area contributed by atoms with E-state index in [0.717, 1.165) is 25.1 Å². The molecule has 0 unspecified atom stereocenters. The number of aryl methyl sites for hydroxylation is 1. The van der Waals surface area contributed by atoms with E-state index in [1.54, 1.807) is 0 Å². The average molecular weight is 258 g/mol. The van der Waals surface area contributed by atoms with E-state index in [4.69, 9.17) is 0 Å². The summed E-state index contributed by atoms with van der Waals surface area (Å²) in [6.07, 6.45) is 3.54. The van der Waals surface area contributed by atoms with Crippen molar-refractivity contribution in [2.75, 3.05) is 17.2 Å². The van der Waals surface area contributed by atoms with Gasteiger partial charge in [0.05, 0.1) is 0 Å². The van der Waals surface area contributed by atoms with Crippen LogP contribution in [0.2, 0.25) is 0 Å². The van der Waals surface area contributed by atoms with E-state index in [2.05, 4.69) is 20.6 Å². The number of amides is 1. The minimum Gasteiger partial charge on any atom is -0.385 e. The minimum atomic E-state index is -0.391. The first kappa shape index (κ1) is 11.6. The summed E-state index contributed by atoms with van der Waals surface area (Å²) in [6.45, 7) is 0.954. The van der Waals surface area contributed by atoms with Crippen LogP contribution in [0.4, 0.5) is 11.4 Å². The van der Waals surface area contributed by atoms with Crippen molar-refractivity contribution in [3.8, 4) is 0 Å². The van der Waals surface area contributed by atoms with E-state index in [1.165, 1.54) is 11.8 Å². The van der Waals surface area contributed by atoms with E-state index in [-0.39, 0.29) is 11.6 Å². The zero-order chi connectivity index (χ0) is 13.2. The van der Waals surface area contributed by atoms with Gasteiger partial charge in [0.1, 0.15) is 5.69 Å². The zero-order valence-electron chi connectivity index (χ0n) is 10.2. The van der Waals surface area contributed by atoms with Crippen LogP contribution in [0.5, 0.6) is 0 Å². The third-order valence-electron chi connectivity index (χ3n) is 3.15. The lowest BCUT2D eigenvalue weighted by Gasteiger charge is -2.18. The van der Waals surface area contributed by atoms with E-state index >= 15 is 0 Å². The number of rotatable bonds is 2. The second kappa shape index (κ2) is 4.64. The number of imidazole rings is 1. The number of anilines is 2. The molecule has 0 atom stereocenters. The molecule has 1 aliphatic heterocycles. The summed E-state index contributed by atoms with van der Waals surface area (Å²) in [5.74, 6) is -0.339. The number of carbonyl (C=O) groups is 1. The normalized spacial score (nSPS) is 13.5. The molecule has 19 heavy (non-hydrogen) atoms. The van der Waals surface area contributed by atoms with Gasteiger partial charge in [-0.05, 0) is 30.5 Å². The van der Waals surface area contributed by atoms with E-state index in [9.17, 15) is 9.59 Å². The minimum absolute atomic E-state index is 0.218. The standard InChI is InChI=1S/C13H14N4O2/c18-12(11-7-15-13(19)17-11)16-9-4-3-8-2-1-5-14-10(8)6-9/h3-4,6-7,14H,1-2,5H2,(H,16,18)(H2,15,17,19). The van der Waals surface area contributed by atoms with E-state index in [1.807, 2.05) is 18.2 Å². The maximum absolute atomic E-state index is 11.9. The van der Waals surface area contributed by atoms with Crippen LogP contribution in [0.15, 0.2) is 29.2 Å². The summed E-state index contributed by atoms with van der Waals surface area (Å²) in [4.78, 5) is 27.6. The highest BCUT2D eigenvalue weighted by atomic mass is 16.2. The predicted octanol–water partition coefficient (Wildman–Crippen LogP) is 1.31. The molecule has 0 bridgehead atoms. The number of aromatic amines is 2. The molecule has 0 spiro atoms. The number of benzene rings is 1. The van der Waals surface area contributed by atoms with Crippen molar-refractivity contribution < 1.29 is 4.79 Å². The Kier molecular flexibility index (Phi) is 2.83. The molecule has 1 amide bonds. The van der Waals surface area contributed by atoms with Crippen molar-refractivity contribution in [3.05, 3.63) is 46.1 Å². The van der Waals surface area contributed by atoms with Crippen molar-refractivity contribution in [2.45, 2.75) is 12.8 Å². The van der Waals surface area contributed by atoms with Gasteiger partial charge in [-0.2, -0.15) is 0 Å². The lowest BCUT2D eigenvalue weighted by atomic mass is 10.0. The Balaban J connectivity index is 1.80. The molecule has 0 radical (unpaired) electrons. The molecule has 0 aliphatic carbocycles. The smallest absolute Gasteiger partial charge is 0.323 e. The van der Waals surface area contributed by atoms with Crippen LogP contribution < -0.4 is 16.3 Å². The Labute approximate surface area is 109 Å². The second-order valence-electron chi connectivity index (χ2n) is 4.51. The fraction of sp³-hybridized carbons (Fsp3) is 0.231. The molecule has 6 nitrogen and oxygen atoms in total. The van der Waals surface area contributed by atoms with Crippen molar-refractivity contribution >= 4 is 17.3 Å². The quantitative estimate of drug-likeness (QED) is 0.654. The van der Waals surface area contributed by atoms with Gasteiger partial charge in [0.15, 0.2) is 0 Å². The van der Waals surface area contributed by atoms with Crippen molar-refractivity contribution in [1.82, 2.24) is 9.97 Å². The Morgan fingerprint density at radius 2 is 2.21 bits per heavy atom. The van der Waals surface area contributed by atoms with Gasteiger partial charge in [-0.15, -0.1) is 0 Å². The topological polar surface area (TPSA) is 89.8 Å². The molecular weight excluding hydrogens is 244 g/mol. The largest absolute Gasteiger partial charge is 0.385 e. The van der Waals surface area contributed by atoms with Gasteiger partial charge in [0.2, 0.25) is 0 Å². The molecule has 3 rings (SSSR count). The van der Waals surface area contributed by atoms with Crippen molar-refractivity contribution in [3.63, 3.8) is 0 Å². The highest BCUT2D eigenvalue weighted by molar-refractivity contribution is 6.02. The molecule has 0 fully saturated rings. The molecule has 0 saturated carbocycles. The van der Waals surface area contributed by atoms with E-state index < -0.39 is 5.69 Å². The van der Waals surface area contributed by atoms with Gasteiger partial charge in [-0.25, -0.2) is 4.79 Å². The zero-order valence-corrected chi connectivity index (χ0v) is 10.2. The summed E-state index contributed by atoms with van der Waals surface area (Å²) >= 11 is 0. The van der Waals surface area contributed by atoms with Gasteiger partial charge in [-0.3, -0.25) is 4.79 Å². The highest BCUT2D eigenvalue weighted by Crippen LogP contribution is 2.25. The van der Waals surface area contributed by atoms with Gasteiger partial charge in [0.25, 0.3) is 5.91 Å². The van der Waals surface area contributed by atoms with Gasteiger partial charge in [-0.1, -0.05) is 6.07 Å². The second-order valence-corrected chi connectivity index (χ2v) is 4.51. The first-order valence-corrected chi connectivity index (χ1v) is 6.18. The summed E-state index contributed by atoms with van der Waals surface area (Å²) in [5.41, 5.74) is 2.86. The third kappa shape index (κ3) is 2.37. The lowest BCUT2D eigenvalue weighted by Crippen LogP contribution is -2.15. The molecule has 2 aromatic rings. The van der Waals surface area contributed by atoms with Crippen LogP contribution >= 0.6 is 0 Å². The number of hydrogen-bond donors (Lipinski definition) is 4. The fourth-order valence-corrected chi connectivity index (χ4v) is 2.19. The van der Waals surface area contributed by atoms with Crippen LogP contribution in [0.1, 0.15) is 22.5 Å². The number of fused-ring (bicyclic) bond motifs is 1. The molecule has 0 saturated heterocycles. The first-order valence-electron chi connectivity index (χ1n) is 6.18. The Hall–Kier alpha value is -2.50. The molecule has 1 aliphatic rings. The summed E-state index contributed by atoms with van der Waals surface area (Å²) in [7, 11) is 0. The number of hydrogen-bond acceptors (Lipinski definition) is 3. The number of H-pyrrole nitrogens is 2.